The van der Waals surface area contributed by atoms with Gasteiger partial charge in [-0.3, -0.25) is 0 Å². The molecule has 1 unspecified atom stereocenters. The summed E-state index contributed by atoms with van der Waals surface area (Å²) >= 11 is -1.39. The molecule has 160 valence electrons. The number of hydrogen-bond donors (Lipinski definition) is 2. The molecular formula is C28H25NO2S. The van der Waals surface area contributed by atoms with Crippen molar-refractivity contribution < 1.29 is 9.66 Å². The van der Waals surface area contributed by atoms with Crippen LogP contribution in [0.2, 0.25) is 0 Å². The zero-order valence-electron chi connectivity index (χ0n) is 17.8. The standard InChI is InChI=1S/C28H25NO2S/c1-20-15-17-23(18-16-20)32(31)28(22-11-6-3-7-12-22)27(21-9-4-2-5-10-21)24-13-8-14-26(30)25(24)19-29/h2-19,27-30H,1H3/t27-,28-,32?/m0/s1. The first-order valence-corrected chi connectivity index (χ1v) is 11.7. The second-order valence-electron chi connectivity index (χ2n) is 7.75. The number of hydrogen-bond acceptors (Lipinski definition) is 3. The van der Waals surface area contributed by atoms with Gasteiger partial charge in [-0.1, -0.05) is 90.5 Å². The van der Waals surface area contributed by atoms with Crippen molar-refractivity contribution in [1.82, 2.24) is 0 Å². The lowest BCUT2D eigenvalue weighted by atomic mass is 9.83. The van der Waals surface area contributed by atoms with E-state index in [-0.39, 0.29) is 11.7 Å². The summed E-state index contributed by atoms with van der Waals surface area (Å²) < 4.78 is 14.1. The van der Waals surface area contributed by atoms with E-state index in [9.17, 15) is 9.66 Å². The van der Waals surface area contributed by atoms with Gasteiger partial charge in [-0.25, -0.2) is 0 Å². The molecule has 0 amide bonds. The summed E-state index contributed by atoms with van der Waals surface area (Å²) in [5.74, 6) is -0.282. The zero-order chi connectivity index (χ0) is 22.5. The second kappa shape index (κ2) is 9.86. The smallest absolute Gasteiger partial charge is 0.157 e. The van der Waals surface area contributed by atoms with Crippen molar-refractivity contribution in [3.8, 4) is 5.75 Å². The number of aryl methyl sites for hydroxylation is 1. The quantitative estimate of drug-likeness (QED) is 0.259. The maximum Gasteiger partial charge on any atom is 0.157 e. The van der Waals surface area contributed by atoms with Gasteiger partial charge in [0.1, 0.15) is 5.75 Å². The van der Waals surface area contributed by atoms with Gasteiger partial charge in [0.15, 0.2) is 10.1 Å². The maximum atomic E-state index is 14.1. The third kappa shape index (κ3) is 4.47. The lowest BCUT2D eigenvalue weighted by Gasteiger charge is -2.31. The Kier molecular flexibility index (Phi) is 6.74. The fourth-order valence-corrected chi connectivity index (χ4v) is 5.73. The molecule has 4 rings (SSSR count). The fourth-order valence-electron chi connectivity index (χ4n) is 4.08. The normalized spacial score (nSPS) is 13.8. The van der Waals surface area contributed by atoms with Crippen molar-refractivity contribution >= 4 is 17.4 Å². The minimum atomic E-state index is -1.39. The molecule has 0 fully saturated rings. The molecule has 0 aliphatic heterocycles. The third-order valence-corrected chi connectivity index (χ3v) is 7.41. The van der Waals surface area contributed by atoms with Crippen molar-refractivity contribution in [2.24, 2.45) is 0 Å². The van der Waals surface area contributed by atoms with Gasteiger partial charge >= 0.3 is 0 Å². The average Bonchev–Trinajstić information content (AvgIpc) is 2.83. The molecule has 0 bridgehead atoms. The number of rotatable bonds is 7. The lowest BCUT2D eigenvalue weighted by Crippen LogP contribution is -2.23. The largest absolute Gasteiger partial charge is 0.611 e. The first-order valence-electron chi connectivity index (χ1n) is 10.5. The molecule has 4 heteroatoms. The van der Waals surface area contributed by atoms with Crippen molar-refractivity contribution in [2.75, 3.05) is 0 Å². The number of aromatic hydroxyl groups is 1. The highest BCUT2D eigenvalue weighted by Crippen LogP contribution is 2.46. The minimum Gasteiger partial charge on any atom is -0.611 e. The van der Waals surface area contributed by atoms with Gasteiger partial charge in [-0.2, -0.15) is 0 Å². The van der Waals surface area contributed by atoms with Gasteiger partial charge in [0.2, 0.25) is 0 Å². The van der Waals surface area contributed by atoms with E-state index in [1.54, 1.807) is 12.1 Å². The summed E-state index contributed by atoms with van der Waals surface area (Å²) in [6, 6.07) is 32.9. The van der Waals surface area contributed by atoms with E-state index < -0.39 is 16.4 Å². The SMILES string of the molecule is Cc1ccc([S+]([O-])[C@@H](c2ccccc2)[C@@H](c2ccccc2)c2cccc(O)c2C=N)cc1. The van der Waals surface area contributed by atoms with E-state index in [1.807, 2.05) is 97.9 Å². The Hall–Kier alpha value is -3.34. The third-order valence-electron chi connectivity index (χ3n) is 5.67. The van der Waals surface area contributed by atoms with Crippen molar-refractivity contribution in [3.63, 3.8) is 0 Å². The molecule has 2 N–H and O–H groups in total. The topological polar surface area (TPSA) is 67.1 Å². The van der Waals surface area contributed by atoms with Crippen LogP contribution in [0.15, 0.2) is 108 Å². The van der Waals surface area contributed by atoms with Crippen molar-refractivity contribution in [3.05, 3.63) is 131 Å². The van der Waals surface area contributed by atoms with E-state index in [0.717, 1.165) is 27.1 Å². The summed E-state index contributed by atoms with van der Waals surface area (Å²) in [6.45, 7) is 2.01. The minimum absolute atomic E-state index is 0.0476. The number of phenolic OH excluding ortho intramolecular Hbond substituents is 1. The Morgan fingerprint density at radius 1 is 0.781 bits per heavy atom. The Balaban J connectivity index is 1.96. The first kappa shape index (κ1) is 21.9. The van der Waals surface area contributed by atoms with Gasteiger partial charge in [-0.15, -0.1) is 0 Å². The highest BCUT2D eigenvalue weighted by atomic mass is 32.2. The van der Waals surface area contributed by atoms with Gasteiger partial charge in [0.25, 0.3) is 0 Å². The van der Waals surface area contributed by atoms with Crippen LogP contribution in [-0.4, -0.2) is 15.9 Å². The Bertz CT molecular complexity index is 1180. The van der Waals surface area contributed by atoms with Gasteiger partial charge in [0.05, 0.1) is 5.92 Å². The fraction of sp³-hybridized carbons (Fsp3) is 0.107. The molecule has 0 radical (unpaired) electrons. The van der Waals surface area contributed by atoms with Crippen LogP contribution in [0.3, 0.4) is 0 Å². The number of nitrogens with one attached hydrogen (secondary N) is 1. The van der Waals surface area contributed by atoms with E-state index in [4.69, 9.17) is 5.41 Å². The molecule has 32 heavy (non-hydrogen) atoms. The average molecular weight is 440 g/mol. The molecule has 3 nitrogen and oxygen atoms in total. The lowest BCUT2D eigenvalue weighted by molar-refractivity contribution is 0.472. The summed E-state index contributed by atoms with van der Waals surface area (Å²) in [4.78, 5) is 0.752. The monoisotopic (exact) mass is 439 g/mol. The number of benzene rings is 4. The first-order chi connectivity index (χ1) is 15.6. The molecule has 0 aliphatic carbocycles. The molecule has 0 heterocycles. The molecule has 0 saturated carbocycles. The highest BCUT2D eigenvalue weighted by Gasteiger charge is 2.38. The molecule has 3 atom stereocenters. The van der Waals surface area contributed by atoms with Crippen LogP contribution in [0.4, 0.5) is 0 Å². The Morgan fingerprint density at radius 3 is 1.97 bits per heavy atom. The summed E-state index contributed by atoms with van der Waals surface area (Å²) in [5, 5.41) is 18.0. The summed E-state index contributed by atoms with van der Waals surface area (Å²) in [6.07, 6.45) is 1.18. The van der Waals surface area contributed by atoms with E-state index in [1.165, 1.54) is 6.21 Å². The van der Waals surface area contributed by atoms with E-state index >= 15 is 0 Å². The molecule has 4 aromatic rings. The van der Waals surface area contributed by atoms with Crippen LogP contribution in [0, 0.1) is 12.3 Å². The Morgan fingerprint density at radius 2 is 1.38 bits per heavy atom. The van der Waals surface area contributed by atoms with Gasteiger partial charge < -0.3 is 15.1 Å². The Labute approximate surface area is 192 Å². The second-order valence-corrected chi connectivity index (χ2v) is 9.33. The molecular weight excluding hydrogens is 414 g/mol. The van der Waals surface area contributed by atoms with E-state index in [2.05, 4.69) is 0 Å². The summed E-state index contributed by atoms with van der Waals surface area (Å²) in [7, 11) is 0. The molecule has 0 saturated heterocycles. The maximum absolute atomic E-state index is 14.1. The predicted molar refractivity (Wildman–Crippen MR) is 131 cm³/mol. The zero-order valence-corrected chi connectivity index (χ0v) is 18.6. The van der Waals surface area contributed by atoms with Crippen LogP contribution < -0.4 is 0 Å². The molecule has 0 aliphatic rings. The van der Waals surface area contributed by atoms with Crippen LogP contribution in [0.25, 0.3) is 0 Å². The van der Waals surface area contributed by atoms with Crippen LogP contribution in [-0.2, 0) is 11.2 Å². The molecule has 0 spiro atoms. The van der Waals surface area contributed by atoms with Crippen LogP contribution >= 0.6 is 0 Å². The predicted octanol–water partition coefficient (Wildman–Crippen LogP) is 6.38. The molecule has 0 aromatic heterocycles. The number of phenols is 1. The van der Waals surface area contributed by atoms with Crippen LogP contribution in [0.5, 0.6) is 5.75 Å². The molecule has 4 aromatic carbocycles. The van der Waals surface area contributed by atoms with E-state index in [0.29, 0.717) is 5.56 Å². The summed E-state index contributed by atoms with van der Waals surface area (Å²) in [5.41, 5.74) is 4.26. The van der Waals surface area contributed by atoms with Crippen molar-refractivity contribution in [1.29, 1.82) is 5.41 Å². The van der Waals surface area contributed by atoms with Crippen LogP contribution in [0.1, 0.15) is 39.0 Å². The highest BCUT2D eigenvalue weighted by molar-refractivity contribution is 7.91. The van der Waals surface area contributed by atoms with Crippen molar-refractivity contribution in [2.45, 2.75) is 23.0 Å². The van der Waals surface area contributed by atoms with Gasteiger partial charge in [-0.05, 0) is 47.4 Å². The van der Waals surface area contributed by atoms with Gasteiger partial charge in [0, 0.05) is 17.3 Å².